The van der Waals surface area contributed by atoms with Crippen molar-refractivity contribution in [3.8, 4) is 0 Å². The Morgan fingerprint density at radius 1 is 1.21 bits per heavy atom. The molecular formula is C21H26O12. The van der Waals surface area contributed by atoms with Crippen LogP contribution in [-0.4, -0.2) is 99.9 Å². The van der Waals surface area contributed by atoms with Crippen LogP contribution in [0, 0.1) is 11.8 Å². The highest BCUT2D eigenvalue weighted by Crippen LogP contribution is 2.50. The Morgan fingerprint density at radius 3 is 2.55 bits per heavy atom. The highest BCUT2D eigenvalue weighted by molar-refractivity contribution is 5.94. The van der Waals surface area contributed by atoms with Gasteiger partial charge in [0.1, 0.15) is 24.4 Å². The van der Waals surface area contributed by atoms with Crippen molar-refractivity contribution in [1.29, 1.82) is 0 Å². The molecule has 1 aliphatic carbocycles. The summed E-state index contributed by atoms with van der Waals surface area (Å²) in [5.41, 5.74) is -1.30. The average molecular weight is 470 g/mol. The molecule has 12 nitrogen and oxygen atoms in total. The van der Waals surface area contributed by atoms with Gasteiger partial charge in [-0.05, 0) is 19.1 Å². The minimum Gasteiger partial charge on any atom is -0.471 e. The van der Waals surface area contributed by atoms with E-state index in [0.29, 0.717) is 0 Å². The molecule has 4 aliphatic rings. The second-order valence-electron chi connectivity index (χ2n) is 8.33. The first kappa shape index (κ1) is 23.8. The lowest BCUT2D eigenvalue weighted by atomic mass is 9.78. The fraction of sp³-hybridized carbons (Fsp3) is 0.619. The number of aliphatic hydroxyl groups is 5. The smallest absolute Gasteiger partial charge is 0.337 e. The van der Waals surface area contributed by atoms with Crippen LogP contribution in [-0.2, 0) is 33.3 Å². The van der Waals surface area contributed by atoms with Crippen LogP contribution in [0.2, 0.25) is 0 Å². The third-order valence-electron chi connectivity index (χ3n) is 6.33. The predicted octanol–water partition coefficient (Wildman–Crippen LogP) is -2.38. The standard InChI is InChI=1S/C21H26O12/c1-8(23)10-5-21(33-18(10)28)4-3-9-11(17(27)29-2)7-30-19(13(9)21)32-20-16(26)15(25)14(24)12(6-22)31-20/h3-5,7-9,12-16,19-20,22-26H,6H2,1-2H3/t8-,9-,12?,13-,14?,15?,16?,19+,20?,21-/m1/s1. The molecule has 10 atom stereocenters. The molecule has 4 rings (SSSR count). The molecule has 3 aliphatic heterocycles. The van der Waals surface area contributed by atoms with Gasteiger partial charge >= 0.3 is 11.9 Å². The quantitative estimate of drug-likeness (QED) is 0.213. The van der Waals surface area contributed by atoms with Crippen molar-refractivity contribution < 1.29 is 58.8 Å². The van der Waals surface area contributed by atoms with E-state index >= 15 is 0 Å². The van der Waals surface area contributed by atoms with Gasteiger partial charge in [0.2, 0.25) is 6.29 Å². The van der Waals surface area contributed by atoms with Crippen molar-refractivity contribution in [3.63, 3.8) is 0 Å². The number of hydrogen-bond donors (Lipinski definition) is 5. The Kier molecular flexibility index (Phi) is 6.35. The van der Waals surface area contributed by atoms with Gasteiger partial charge in [0.15, 0.2) is 11.9 Å². The summed E-state index contributed by atoms with van der Waals surface area (Å²) in [5, 5.41) is 49.8. The van der Waals surface area contributed by atoms with Gasteiger partial charge in [0.05, 0.1) is 43.1 Å². The number of rotatable bonds is 5. The zero-order valence-electron chi connectivity index (χ0n) is 17.8. The van der Waals surface area contributed by atoms with Crippen LogP contribution in [0.5, 0.6) is 0 Å². The highest BCUT2D eigenvalue weighted by Gasteiger charge is 2.59. The number of fused-ring (bicyclic) bond motifs is 2. The molecule has 0 aromatic heterocycles. The molecule has 0 aromatic rings. The largest absolute Gasteiger partial charge is 0.471 e. The van der Waals surface area contributed by atoms with E-state index in [1.165, 1.54) is 20.1 Å². The molecule has 0 bridgehead atoms. The third kappa shape index (κ3) is 3.87. The van der Waals surface area contributed by atoms with E-state index in [1.54, 1.807) is 12.2 Å². The van der Waals surface area contributed by atoms with Gasteiger partial charge in [-0.2, -0.15) is 0 Å². The first-order valence-corrected chi connectivity index (χ1v) is 10.4. The Hall–Kier alpha value is -2.32. The first-order chi connectivity index (χ1) is 15.6. The van der Waals surface area contributed by atoms with Crippen LogP contribution in [0.15, 0.2) is 35.6 Å². The molecule has 1 fully saturated rings. The monoisotopic (exact) mass is 470 g/mol. The van der Waals surface area contributed by atoms with Gasteiger partial charge in [-0.25, -0.2) is 9.59 Å². The third-order valence-corrected chi connectivity index (χ3v) is 6.33. The number of allylic oxidation sites excluding steroid dienone is 1. The maximum absolute atomic E-state index is 12.4. The van der Waals surface area contributed by atoms with Crippen LogP contribution in [0.4, 0.5) is 0 Å². The summed E-state index contributed by atoms with van der Waals surface area (Å²) in [7, 11) is 1.20. The molecule has 0 radical (unpaired) electrons. The minimum atomic E-state index is -1.70. The highest BCUT2D eigenvalue weighted by atomic mass is 16.8. The topological polar surface area (TPSA) is 181 Å². The second-order valence-corrected chi connectivity index (χ2v) is 8.33. The molecule has 1 saturated heterocycles. The lowest BCUT2D eigenvalue weighted by Crippen LogP contribution is -2.60. The molecule has 0 aromatic carbocycles. The van der Waals surface area contributed by atoms with Crippen molar-refractivity contribution in [2.24, 2.45) is 11.8 Å². The summed E-state index contributed by atoms with van der Waals surface area (Å²) < 4.78 is 27.2. The van der Waals surface area contributed by atoms with Crippen LogP contribution in [0.1, 0.15) is 6.92 Å². The number of hydrogen-bond acceptors (Lipinski definition) is 12. The second kappa shape index (κ2) is 8.80. The molecule has 3 heterocycles. The molecule has 5 unspecified atom stereocenters. The maximum Gasteiger partial charge on any atom is 0.337 e. The predicted molar refractivity (Wildman–Crippen MR) is 105 cm³/mol. The van der Waals surface area contributed by atoms with Crippen molar-refractivity contribution in [1.82, 2.24) is 0 Å². The number of methoxy groups -OCH3 is 1. The number of carbonyl (C=O) groups excluding carboxylic acids is 2. The summed E-state index contributed by atoms with van der Waals surface area (Å²) in [6.45, 7) is 0.750. The Bertz CT molecular complexity index is 892. The maximum atomic E-state index is 12.4. The van der Waals surface area contributed by atoms with E-state index in [0.717, 1.165) is 6.26 Å². The summed E-state index contributed by atoms with van der Waals surface area (Å²) in [6.07, 6.45) is -4.38. The van der Waals surface area contributed by atoms with Gasteiger partial charge in [0.25, 0.3) is 0 Å². The van der Waals surface area contributed by atoms with Crippen molar-refractivity contribution in [2.45, 2.75) is 55.6 Å². The van der Waals surface area contributed by atoms with Crippen molar-refractivity contribution >= 4 is 11.9 Å². The minimum absolute atomic E-state index is 0.0149. The number of aliphatic hydroxyl groups excluding tert-OH is 5. The van der Waals surface area contributed by atoms with E-state index < -0.39 is 79.1 Å². The number of carbonyl (C=O) groups is 2. The molecule has 0 saturated carbocycles. The fourth-order valence-corrected chi connectivity index (χ4v) is 4.57. The van der Waals surface area contributed by atoms with Crippen LogP contribution >= 0.6 is 0 Å². The van der Waals surface area contributed by atoms with E-state index in [-0.39, 0.29) is 11.1 Å². The Labute approximate surface area is 188 Å². The van der Waals surface area contributed by atoms with E-state index in [4.69, 9.17) is 23.7 Å². The van der Waals surface area contributed by atoms with Crippen LogP contribution < -0.4 is 0 Å². The van der Waals surface area contributed by atoms with Gasteiger partial charge in [-0.3, -0.25) is 0 Å². The molecule has 33 heavy (non-hydrogen) atoms. The zero-order chi connectivity index (χ0) is 24.1. The summed E-state index contributed by atoms with van der Waals surface area (Å²) >= 11 is 0. The molecule has 0 amide bonds. The first-order valence-electron chi connectivity index (χ1n) is 10.4. The van der Waals surface area contributed by atoms with Crippen LogP contribution in [0.3, 0.4) is 0 Å². The molecule has 12 heteroatoms. The zero-order valence-corrected chi connectivity index (χ0v) is 17.8. The normalized spacial score (nSPS) is 42.8. The van der Waals surface area contributed by atoms with Gasteiger partial charge in [-0.1, -0.05) is 6.08 Å². The van der Waals surface area contributed by atoms with Crippen LogP contribution in [0.25, 0.3) is 0 Å². The average Bonchev–Trinajstić information content (AvgIpc) is 3.34. The summed E-state index contributed by atoms with van der Waals surface area (Å²) in [6, 6.07) is 0. The molecular weight excluding hydrogens is 444 g/mol. The Morgan fingerprint density at radius 2 is 1.94 bits per heavy atom. The summed E-state index contributed by atoms with van der Waals surface area (Å²) in [4.78, 5) is 24.7. The molecule has 5 N–H and O–H groups in total. The lowest BCUT2D eigenvalue weighted by Gasteiger charge is -2.44. The van der Waals surface area contributed by atoms with Gasteiger partial charge in [0, 0.05) is 5.92 Å². The fourth-order valence-electron chi connectivity index (χ4n) is 4.57. The number of ether oxygens (including phenoxy) is 5. The van der Waals surface area contributed by atoms with Crippen molar-refractivity contribution in [3.05, 3.63) is 35.6 Å². The van der Waals surface area contributed by atoms with Crippen molar-refractivity contribution in [2.75, 3.05) is 13.7 Å². The van der Waals surface area contributed by atoms with E-state index in [1.807, 2.05) is 0 Å². The SMILES string of the molecule is COC(=O)C1=CO[C@@H](OC2OC(CO)C(O)C(O)C2O)[C@H]2[C@@H]1C=C[C@@]21C=C([C@@H](C)O)C(=O)O1. The number of esters is 2. The van der Waals surface area contributed by atoms with Gasteiger partial charge in [-0.15, -0.1) is 0 Å². The Balaban J connectivity index is 1.67. The van der Waals surface area contributed by atoms with Gasteiger partial charge < -0.3 is 49.2 Å². The summed E-state index contributed by atoms with van der Waals surface area (Å²) in [5.74, 6) is -3.03. The van der Waals surface area contributed by atoms with E-state index in [9.17, 15) is 35.1 Å². The van der Waals surface area contributed by atoms with E-state index in [2.05, 4.69) is 0 Å². The molecule has 182 valence electrons. The lowest BCUT2D eigenvalue weighted by molar-refractivity contribution is -0.344. The molecule has 1 spiro atoms.